The number of anilines is 2. The third-order valence-corrected chi connectivity index (χ3v) is 4.36. The van der Waals surface area contributed by atoms with Gasteiger partial charge < -0.3 is 4.90 Å². The third-order valence-electron chi connectivity index (χ3n) is 3.07. The minimum absolute atomic E-state index is 0.0289. The van der Waals surface area contributed by atoms with E-state index in [9.17, 15) is 12.8 Å². The van der Waals surface area contributed by atoms with E-state index in [2.05, 4.69) is 9.62 Å². The van der Waals surface area contributed by atoms with Gasteiger partial charge in [-0.25, -0.2) is 12.8 Å². The largest absolute Gasteiger partial charge is 0.371 e. The molecule has 0 radical (unpaired) electrons. The molecule has 1 aromatic carbocycles. The van der Waals surface area contributed by atoms with E-state index in [1.807, 2.05) is 0 Å². The van der Waals surface area contributed by atoms with Crippen LogP contribution >= 0.6 is 0 Å². The molecule has 0 aromatic heterocycles. The quantitative estimate of drug-likeness (QED) is 0.914. The van der Waals surface area contributed by atoms with Gasteiger partial charge in [0, 0.05) is 18.8 Å². The fourth-order valence-electron chi connectivity index (χ4n) is 2.00. The zero-order valence-corrected chi connectivity index (χ0v) is 11.1. The van der Waals surface area contributed by atoms with E-state index in [1.54, 1.807) is 12.1 Å². The summed E-state index contributed by atoms with van der Waals surface area (Å²) in [5.41, 5.74) is 0.893. The van der Waals surface area contributed by atoms with Crippen LogP contribution in [-0.2, 0) is 10.0 Å². The Labute approximate surface area is 107 Å². The molecule has 2 rings (SSSR count). The first-order valence-corrected chi connectivity index (χ1v) is 7.72. The predicted octanol–water partition coefficient (Wildman–Crippen LogP) is 2.19. The topological polar surface area (TPSA) is 49.4 Å². The van der Waals surface area contributed by atoms with Gasteiger partial charge in [0.1, 0.15) is 5.82 Å². The van der Waals surface area contributed by atoms with Gasteiger partial charge in [0.25, 0.3) is 0 Å². The lowest BCUT2D eigenvalue weighted by molar-refractivity contribution is 0.599. The molecule has 18 heavy (non-hydrogen) atoms. The monoisotopic (exact) mass is 272 g/mol. The lowest BCUT2D eigenvalue weighted by atomic mass is 10.2. The van der Waals surface area contributed by atoms with Crippen molar-refractivity contribution in [1.29, 1.82) is 0 Å². The Kier molecular flexibility index (Phi) is 3.75. The molecule has 0 aliphatic carbocycles. The summed E-state index contributed by atoms with van der Waals surface area (Å²) >= 11 is 0. The number of benzene rings is 1. The molecule has 1 aromatic rings. The average molecular weight is 272 g/mol. The molecule has 1 N–H and O–H groups in total. The Balaban J connectivity index is 2.26. The zero-order valence-electron chi connectivity index (χ0n) is 10.3. The number of halogens is 1. The minimum atomic E-state index is -3.44. The number of nitrogens with one attached hydrogen (secondary N) is 1. The van der Waals surface area contributed by atoms with Crippen LogP contribution in [-0.4, -0.2) is 27.3 Å². The Morgan fingerprint density at radius 2 is 2.00 bits per heavy atom. The SMILES string of the molecule is CCS(=O)(=O)Nc1cc(N2CCCC2)ccc1F. The molecule has 1 heterocycles. The van der Waals surface area contributed by atoms with Gasteiger partial charge in [-0.1, -0.05) is 0 Å². The fourth-order valence-corrected chi connectivity index (χ4v) is 2.64. The van der Waals surface area contributed by atoms with Gasteiger partial charge in [0.05, 0.1) is 11.4 Å². The molecule has 0 bridgehead atoms. The maximum Gasteiger partial charge on any atom is 0.232 e. The molecule has 6 heteroatoms. The number of nitrogens with zero attached hydrogens (tertiary/aromatic N) is 1. The standard InChI is InChI=1S/C12H17FN2O2S/c1-2-18(16,17)14-12-9-10(5-6-11(12)13)15-7-3-4-8-15/h5-6,9,14H,2-4,7-8H2,1H3. The van der Waals surface area contributed by atoms with Crippen molar-refractivity contribution >= 4 is 21.4 Å². The summed E-state index contributed by atoms with van der Waals surface area (Å²) in [4.78, 5) is 2.13. The molecule has 1 fully saturated rings. The van der Waals surface area contributed by atoms with Crippen LogP contribution in [0.4, 0.5) is 15.8 Å². The second-order valence-corrected chi connectivity index (χ2v) is 6.37. The maximum absolute atomic E-state index is 13.6. The van der Waals surface area contributed by atoms with Crippen molar-refractivity contribution in [3.05, 3.63) is 24.0 Å². The summed E-state index contributed by atoms with van der Waals surface area (Å²) in [6.45, 7) is 3.39. The highest BCUT2D eigenvalue weighted by atomic mass is 32.2. The highest BCUT2D eigenvalue weighted by Crippen LogP contribution is 2.26. The first-order valence-electron chi connectivity index (χ1n) is 6.07. The second-order valence-electron chi connectivity index (χ2n) is 4.36. The van der Waals surface area contributed by atoms with Gasteiger partial charge >= 0.3 is 0 Å². The maximum atomic E-state index is 13.6. The van der Waals surface area contributed by atoms with Gasteiger partial charge in [-0.3, -0.25) is 4.72 Å². The summed E-state index contributed by atoms with van der Waals surface area (Å²) in [7, 11) is -3.44. The number of rotatable bonds is 4. The van der Waals surface area contributed by atoms with Crippen molar-refractivity contribution in [2.75, 3.05) is 28.5 Å². The van der Waals surface area contributed by atoms with Crippen molar-refractivity contribution < 1.29 is 12.8 Å². The van der Waals surface area contributed by atoms with Crippen molar-refractivity contribution in [2.45, 2.75) is 19.8 Å². The molecule has 1 saturated heterocycles. The van der Waals surface area contributed by atoms with Crippen molar-refractivity contribution in [2.24, 2.45) is 0 Å². The number of hydrogen-bond donors (Lipinski definition) is 1. The van der Waals surface area contributed by atoms with Crippen molar-refractivity contribution in [3.63, 3.8) is 0 Å². The molecule has 0 atom stereocenters. The molecule has 1 aliphatic heterocycles. The second kappa shape index (κ2) is 5.14. The highest BCUT2D eigenvalue weighted by Gasteiger charge is 2.16. The van der Waals surface area contributed by atoms with E-state index < -0.39 is 15.8 Å². The summed E-state index contributed by atoms with van der Waals surface area (Å²) < 4.78 is 38.8. The Morgan fingerprint density at radius 1 is 1.33 bits per heavy atom. The normalized spacial score (nSPS) is 16.0. The van der Waals surface area contributed by atoms with Crippen molar-refractivity contribution in [1.82, 2.24) is 0 Å². The molecule has 0 saturated carbocycles. The molecule has 0 spiro atoms. The van der Waals surface area contributed by atoms with Crippen LogP contribution < -0.4 is 9.62 Å². The summed E-state index contributed by atoms with van der Waals surface area (Å²) in [6.07, 6.45) is 2.24. The van der Waals surface area contributed by atoms with E-state index in [1.165, 1.54) is 13.0 Å². The van der Waals surface area contributed by atoms with Crippen LogP contribution in [0, 0.1) is 5.82 Å². The first kappa shape index (κ1) is 13.1. The Bertz CT molecular complexity index is 525. The van der Waals surface area contributed by atoms with Gasteiger partial charge in [-0.05, 0) is 38.0 Å². The van der Waals surface area contributed by atoms with Crippen LogP contribution in [0.5, 0.6) is 0 Å². The average Bonchev–Trinajstić information content (AvgIpc) is 2.85. The smallest absolute Gasteiger partial charge is 0.232 e. The van der Waals surface area contributed by atoms with E-state index in [-0.39, 0.29) is 11.4 Å². The molecule has 1 aliphatic rings. The molecular weight excluding hydrogens is 255 g/mol. The predicted molar refractivity (Wildman–Crippen MR) is 70.9 cm³/mol. The van der Waals surface area contributed by atoms with Crippen LogP contribution in [0.15, 0.2) is 18.2 Å². The van der Waals surface area contributed by atoms with Gasteiger partial charge in [-0.15, -0.1) is 0 Å². The van der Waals surface area contributed by atoms with Gasteiger partial charge in [0.15, 0.2) is 0 Å². The summed E-state index contributed by atoms with van der Waals surface area (Å²) in [5, 5.41) is 0. The molecular formula is C12H17FN2O2S. The van der Waals surface area contributed by atoms with E-state index in [4.69, 9.17) is 0 Å². The van der Waals surface area contributed by atoms with Crippen LogP contribution in [0.25, 0.3) is 0 Å². The van der Waals surface area contributed by atoms with E-state index in [0.717, 1.165) is 31.6 Å². The van der Waals surface area contributed by atoms with Crippen LogP contribution in [0.2, 0.25) is 0 Å². The Hall–Kier alpha value is -1.30. The van der Waals surface area contributed by atoms with E-state index in [0.29, 0.717) is 0 Å². The Morgan fingerprint density at radius 3 is 2.61 bits per heavy atom. The zero-order chi connectivity index (χ0) is 13.2. The van der Waals surface area contributed by atoms with Crippen LogP contribution in [0.3, 0.4) is 0 Å². The van der Waals surface area contributed by atoms with Gasteiger partial charge in [-0.2, -0.15) is 0 Å². The van der Waals surface area contributed by atoms with Gasteiger partial charge in [0.2, 0.25) is 10.0 Å². The summed E-state index contributed by atoms with van der Waals surface area (Å²) in [6, 6.07) is 4.55. The molecule has 0 unspecified atom stereocenters. The lowest BCUT2D eigenvalue weighted by Gasteiger charge is -2.19. The molecule has 0 amide bonds. The highest BCUT2D eigenvalue weighted by molar-refractivity contribution is 7.92. The van der Waals surface area contributed by atoms with Crippen LogP contribution in [0.1, 0.15) is 19.8 Å². The van der Waals surface area contributed by atoms with Crippen molar-refractivity contribution in [3.8, 4) is 0 Å². The first-order chi connectivity index (χ1) is 8.52. The lowest BCUT2D eigenvalue weighted by Crippen LogP contribution is -2.19. The number of sulfonamides is 1. The molecule has 4 nitrogen and oxygen atoms in total. The summed E-state index contributed by atoms with van der Waals surface area (Å²) in [5.74, 6) is -0.615. The minimum Gasteiger partial charge on any atom is -0.371 e. The number of hydrogen-bond acceptors (Lipinski definition) is 3. The molecule has 100 valence electrons. The van der Waals surface area contributed by atoms with E-state index >= 15 is 0 Å². The third kappa shape index (κ3) is 2.93. The fraction of sp³-hybridized carbons (Fsp3) is 0.500.